The van der Waals surface area contributed by atoms with Gasteiger partial charge < -0.3 is 5.32 Å². The summed E-state index contributed by atoms with van der Waals surface area (Å²) >= 11 is 0. The molecule has 0 bridgehead atoms. The second kappa shape index (κ2) is 4.43. The Bertz CT molecular complexity index is 314. The zero-order valence-corrected chi connectivity index (χ0v) is 8.72. The van der Waals surface area contributed by atoms with Crippen LogP contribution in [0.3, 0.4) is 0 Å². The molecule has 0 aromatic heterocycles. The summed E-state index contributed by atoms with van der Waals surface area (Å²) in [5, 5.41) is 3.40. The summed E-state index contributed by atoms with van der Waals surface area (Å²) in [6.45, 7) is 4.36. The molecule has 0 unspecified atom stereocenters. The van der Waals surface area contributed by atoms with Gasteiger partial charge in [0, 0.05) is 6.54 Å². The molecule has 0 amide bonds. The SMILES string of the molecule is Cc1ccc(/C=C2/CCCNC2)cc1. The summed E-state index contributed by atoms with van der Waals surface area (Å²) in [7, 11) is 0. The molecular weight excluding hydrogens is 170 g/mol. The van der Waals surface area contributed by atoms with Crippen molar-refractivity contribution in [2.45, 2.75) is 19.8 Å². The monoisotopic (exact) mass is 187 g/mol. The van der Waals surface area contributed by atoms with Crippen molar-refractivity contribution in [2.24, 2.45) is 0 Å². The summed E-state index contributed by atoms with van der Waals surface area (Å²) in [6, 6.07) is 8.72. The number of hydrogen-bond acceptors (Lipinski definition) is 1. The van der Waals surface area contributed by atoms with Gasteiger partial charge in [0.15, 0.2) is 0 Å². The lowest BCUT2D eigenvalue weighted by Crippen LogP contribution is -2.23. The Morgan fingerprint density at radius 3 is 2.64 bits per heavy atom. The molecule has 0 aliphatic carbocycles. The number of hydrogen-bond donors (Lipinski definition) is 1. The summed E-state index contributed by atoms with van der Waals surface area (Å²) in [4.78, 5) is 0. The lowest BCUT2D eigenvalue weighted by atomic mass is 10.0. The van der Waals surface area contributed by atoms with Gasteiger partial charge in [-0.25, -0.2) is 0 Å². The van der Waals surface area contributed by atoms with E-state index in [1.165, 1.54) is 36.1 Å². The topological polar surface area (TPSA) is 12.0 Å². The van der Waals surface area contributed by atoms with E-state index in [9.17, 15) is 0 Å². The van der Waals surface area contributed by atoms with Crippen LogP contribution in [0.2, 0.25) is 0 Å². The van der Waals surface area contributed by atoms with Crippen molar-refractivity contribution in [3.8, 4) is 0 Å². The Morgan fingerprint density at radius 2 is 2.00 bits per heavy atom. The molecule has 1 nitrogen and oxygen atoms in total. The van der Waals surface area contributed by atoms with E-state index < -0.39 is 0 Å². The molecular formula is C13H17N. The third-order valence-electron chi connectivity index (χ3n) is 2.65. The molecule has 2 rings (SSSR count). The van der Waals surface area contributed by atoms with Crippen LogP contribution in [0.5, 0.6) is 0 Å². The highest BCUT2D eigenvalue weighted by atomic mass is 14.9. The zero-order chi connectivity index (χ0) is 9.80. The van der Waals surface area contributed by atoms with Crippen molar-refractivity contribution in [2.75, 3.05) is 13.1 Å². The van der Waals surface area contributed by atoms with Crippen molar-refractivity contribution >= 4 is 6.08 Å². The van der Waals surface area contributed by atoms with Gasteiger partial charge >= 0.3 is 0 Å². The third kappa shape index (κ3) is 2.46. The van der Waals surface area contributed by atoms with Crippen molar-refractivity contribution in [3.05, 3.63) is 41.0 Å². The van der Waals surface area contributed by atoms with Gasteiger partial charge in [-0.1, -0.05) is 41.5 Å². The fraction of sp³-hybridized carbons (Fsp3) is 0.385. The van der Waals surface area contributed by atoms with Crippen molar-refractivity contribution in [3.63, 3.8) is 0 Å². The van der Waals surface area contributed by atoms with Gasteiger partial charge in [0.2, 0.25) is 0 Å². The fourth-order valence-corrected chi connectivity index (χ4v) is 1.80. The van der Waals surface area contributed by atoms with Crippen LogP contribution in [-0.2, 0) is 0 Å². The van der Waals surface area contributed by atoms with Gasteiger partial charge in [-0.05, 0) is 31.9 Å². The highest BCUT2D eigenvalue weighted by Crippen LogP contribution is 2.14. The summed E-state index contributed by atoms with van der Waals surface area (Å²) in [5.74, 6) is 0. The summed E-state index contributed by atoms with van der Waals surface area (Å²) in [5.41, 5.74) is 4.18. The molecule has 1 heterocycles. The van der Waals surface area contributed by atoms with Gasteiger partial charge in [-0.15, -0.1) is 0 Å². The van der Waals surface area contributed by atoms with E-state index in [1.54, 1.807) is 0 Å². The standard InChI is InChI=1S/C13H17N/c1-11-4-6-12(7-5-11)9-13-3-2-8-14-10-13/h4-7,9,14H,2-3,8,10H2,1H3/b13-9-. The number of aryl methyl sites for hydroxylation is 1. The maximum Gasteiger partial charge on any atom is 0.0167 e. The lowest BCUT2D eigenvalue weighted by Gasteiger charge is -2.15. The van der Waals surface area contributed by atoms with E-state index in [-0.39, 0.29) is 0 Å². The predicted octanol–water partition coefficient (Wildman–Crippen LogP) is 2.76. The third-order valence-corrected chi connectivity index (χ3v) is 2.65. The van der Waals surface area contributed by atoms with E-state index >= 15 is 0 Å². The minimum atomic E-state index is 1.06. The predicted molar refractivity (Wildman–Crippen MR) is 61.3 cm³/mol. The first-order valence-corrected chi connectivity index (χ1v) is 5.31. The van der Waals surface area contributed by atoms with Crippen LogP contribution >= 0.6 is 0 Å². The number of nitrogens with one attached hydrogen (secondary N) is 1. The summed E-state index contributed by atoms with van der Waals surface area (Å²) < 4.78 is 0. The molecule has 0 spiro atoms. The van der Waals surface area contributed by atoms with Crippen molar-refractivity contribution < 1.29 is 0 Å². The second-order valence-corrected chi connectivity index (χ2v) is 3.99. The van der Waals surface area contributed by atoms with Gasteiger partial charge in [-0.3, -0.25) is 0 Å². The maximum absolute atomic E-state index is 3.40. The molecule has 1 N–H and O–H groups in total. The fourth-order valence-electron chi connectivity index (χ4n) is 1.80. The van der Waals surface area contributed by atoms with E-state index in [1.807, 2.05) is 0 Å². The van der Waals surface area contributed by atoms with Crippen LogP contribution in [-0.4, -0.2) is 13.1 Å². The van der Waals surface area contributed by atoms with Gasteiger partial charge in [0.25, 0.3) is 0 Å². The Labute approximate surface area is 85.8 Å². The first-order valence-electron chi connectivity index (χ1n) is 5.31. The molecule has 0 radical (unpaired) electrons. The van der Waals surface area contributed by atoms with Crippen LogP contribution < -0.4 is 5.32 Å². The molecule has 1 aliphatic rings. The van der Waals surface area contributed by atoms with Gasteiger partial charge in [0.1, 0.15) is 0 Å². The van der Waals surface area contributed by atoms with Crippen molar-refractivity contribution in [1.82, 2.24) is 5.32 Å². The number of piperidine rings is 1. The molecule has 14 heavy (non-hydrogen) atoms. The van der Waals surface area contributed by atoms with Crippen LogP contribution in [0.15, 0.2) is 29.8 Å². The normalized spacial score (nSPS) is 19.9. The van der Waals surface area contributed by atoms with Crippen LogP contribution in [0, 0.1) is 6.92 Å². The van der Waals surface area contributed by atoms with E-state index in [0.29, 0.717) is 0 Å². The van der Waals surface area contributed by atoms with Crippen molar-refractivity contribution in [1.29, 1.82) is 0 Å². The average molecular weight is 187 g/mol. The van der Waals surface area contributed by atoms with Crippen LogP contribution in [0.4, 0.5) is 0 Å². The molecule has 0 saturated carbocycles. The maximum atomic E-state index is 3.40. The van der Waals surface area contributed by atoms with E-state index in [0.717, 1.165) is 6.54 Å². The molecule has 1 aliphatic heterocycles. The Balaban J connectivity index is 2.11. The Hall–Kier alpha value is -1.08. The zero-order valence-electron chi connectivity index (χ0n) is 8.72. The van der Waals surface area contributed by atoms with Crippen LogP contribution in [0.25, 0.3) is 6.08 Å². The smallest absolute Gasteiger partial charge is 0.0167 e. The highest BCUT2D eigenvalue weighted by molar-refractivity contribution is 5.53. The molecule has 1 fully saturated rings. The highest BCUT2D eigenvalue weighted by Gasteiger charge is 2.03. The Kier molecular flexibility index (Phi) is 3.00. The second-order valence-electron chi connectivity index (χ2n) is 3.99. The van der Waals surface area contributed by atoms with Gasteiger partial charge in [0.05, 0.1) is 0 Å². The minimum Gasteiger partial charge on any atom is -0.313 e. The molecule has 1 aromatic rings. The average Bonchev–Trinajstić information content (AvgIpc) is 2.23. The first-order chi connectivity index (χ1) is 6.84. The quantitative estimate of drug-likeness (QED) is 0.713. The van der Waals surface area contributed by atoms with E-state index in [4.69, 9.17) is 0 Å². The largest absolute Gasteiger partial charge is 0.313 e. The number of benzene rings is 1. The number of rotatable bonds is 1. The molecule has 1 aromatic carbocycles. The minimum absolute atomic E-state index is 1.06. The Morgan fingerprint density at radius 1 is 1.21 bits per heavy atom. The van der Waals surface area contributed by atoms with E-state index in [2.05, 4.69) is 42.6 Å². The molecule has 1 saturated heterocycles. The lowest BCUT2D eigenvalue weighted by molar-refractivity contribution is 0.613. The van der Waals surface area contributed by atoms with Gasteiger partial charge in [-0.2, -0.15) is 0 Å². The molecule has 1 heteroatoms. The first kappa shape index (κ1) is 9.47. The molecule has 74 valence electrons. The van der Waals surface area contributed by atoms with Crippen LogP contribution in [0.1, 0.15) is 24.0 Å². The summed E-state index contributed by atoms with van der Waals surface area (Å²) in [6.07, 6.45) is 4.84. The molecule has 0 atom stereocenters.